The number of rotatable bonds is 4. The van der Waals surface area contributed by atoms with Gasteiger partial charge in [-0.3, -0.25) is 0 Å². The SMILES string of the molecule is COc1ccc2[nH]cc(Sc3ccccc3C3CCNCC3)c2c1C. The average Bonchev–Trinajstić information content (AvgIpc) is 3.07. The fraction of sp³-hybridized carbons (Fsp3) is 0.333. The van der Waals surface area contributed by atoms with E-state index in [0.29, 0.717) is 5.92 Å². The lowest BCUT2D eigenvalue weighted by Gasteiger charge is -2.24. The van der Waals surface area contributed by atoms with E-state index < -0.39 is 0 Å². The van der Waals surface area contributed by atoms with Crippen LogP contribution in [0.1, 0.15) is 29.9 Å². The highest BCUT2D eigenvalue weighted by molar-refractivity contribution is 7.99. The highest BCUT2D eigenvalue weighted by Crippen LogP contribution is 2.41. The third-order valence-corrected chi connectivity index (χ3v) is 6.29. The molecule has 0 spiro atoms. The molecule has 0 unspecified atom stereocenters. The maximum Gasteiger partial charge on any atom is 0.122 e. The maximum atomic E-state index is 5.52. The number of hydrogen-bond donors (Lipinski definition) is 2. The predicted octanol–water partition coefficient (Wildman–Crippen LogP) is 5.10. The van der Waals surface area contributed by atoms with Gasteiger partial charge in [0.2, 0.25) is 0 Å². The van der Waals surface area contributed by atoms with Crippen molar-refractivity contribution in [1.29, 1.82) is 0 Å². The Labute approximate surface area is 153 Å². The minimum absolute atomic E-state index is 0.658. The Morgan fingerprint density at radius 2 is 1.84 bits per heavy atom. The van der Waals surface area contributed by atoms with Crippen molar-refractivity contribution in [3.05, 3.63) is 53.7 Å². The lowest BCUT2D eigenvalue weighted by Crippen LogP contribution is -2.26. The average molecular weight is 353 g/mol. The highest BCUT2D eigenvalue weighted by atomic mass is 32.2. The Kier molecular flexibility index (Phi) is 4.73. The van der Waals surface area contributed by atoms with Gasteiger partial charge >= 0.3 is 0 Å². The van der Waals surface area contributed by atoms with E-state index in [1.165, 1.54) is 44.7 Å². The molecule has 0 aliphatic carbocycles. The lowest BCUT2D eigenvalue weighted by atomic mass is 9.90. The number of ether oxygens (including phenoxy) is 1. The van der Waals surface area contributed by atoms with Crippen molar-refractivity contribution in [3.63, 3.8) is 0 Å². The molecular weight excluding hydrogens is 328 g/mol. The van der Waals surface area contributed by atoms with Crippen molar-refractivity contribution < 1.29 is 4.74 Å². The van der Waals surface area contributed by atoms with E-state index in [2.05, 4.69) is 53.8 Å². The van der Waals surface area contributed by atoms with Crippen LogP contribution in [0.3, 0.4) is 0 Å². The summed E-state index contributed by atoms with van der Waals surface area (Å²) in [4.78, 5) is 6.06. The summed E-state index contributed by atoms with van der Waals surface area (Å²) < 4.78 is 5.52. The summed E-state index contributed by atoms with van der Waals surface area (Å²) in [5.41, 5.74) is 3.85. The molecule has 0 amide bonds. The normalized spacial score (nSPS) is 15.6. The first-order valence-electron chi connectivity index (χ1n) is 8.90. The van der Waals surface area contributed by atoms with E-state index in [1.54, 1.807) is 7.11 Å². The minimum atomic E-state index is 0.658. The summed E-state index contributed by atoms with van der Waals surface area (Å²) in [5.74, 6) is 1.60. The van der Waals surface area contributed by atoms with Crippen LogP contribution in [0.4, 0.5) is 0 Å². The summed E-state index contributed by atoms with van der Waals surface area (Å²) in [6.45, 7) is 4.37. The van der Waals surface area contributed by atoms with Crippen LogP contribution in [0.25, 0.3) is 10.9 Å². The van der Waals surface area contributed by atoms with E-state index in [9.17, 15) is 0 Å². The van der Waals surface area contributed by atoms with Gasteiger partial charge in [-0.1, -0.05) is 30.0 Å². The van der Waals surface area contributed by atoms with Gasteiger partial charge in [0.1, 0.15) is 5.75 Å². The van der Waals surface area contributed by atoms with Gasteiger partial charge in [0.05, 0.1) is 7.11 Å². The van der Waals surface area contributed by atoms with Gasteiger partial charge in [0.15, 0.2) is 0 Å². The van der Waals surface area contributed by atoms with Crippen molar-refractivity contribution in [2.24, 2.45) is 0 Å². The van der Waals surface area contributed by atoms with Crippen LogP contribution in [0, 0.1) is 6.92 Å². The molecule has 1 saturated heterocycles. The Hall–Kier alpha value is -1.91. The summed E-state index contributed by atoms with van der Waals surface area (Å²) in [6, 6.07) is 13.0. The van der Waals surface area contributed by atoms with Crippen molar-refractivity contribution in [3.8, 4) is 5.75 Å². The first-order valence-corrected chi connectivity index (χ1v) is 9.71. The zero-order valence-electron chi connectivity index (χ0n) is 14.8. The summed E-state index contributed by atoms with van der Waals surface area (Å²) >= 11 is 1.87. The van der Waals surface area contributed by atoms with Gasteiger partial charge in [-0.15, -0.1) is 0 Å². The molecule has 130 valence electrons. The van der Waals surface area contributed by atoms with Crippen molar-refractivity contribution >= 4 is 22.7 Å². The summed E-state index contributed by atoms with van der Waals surface area (Å²) in [7, 11) is 1.74. The number of methoxy groups -OCH3 is 1. The fourth-order valence-corrected chi connectivity index (χ4v) is 5.03. The second kappa shape index (κ2) is 7.14. The van der Waals surface area contributed by atoms with Gasteiger partial charge in [0.25, 0.3) is 0 Å². The first kappa shape index (κ1) is 16.6. The molecule has 1 aliphatic rings. The Bertz CT molecular complexity index is 881. The smallest absolute Gasteiger partial charge is 0.122 e. The molecule has 3 nitrogen and oxygen atoms in total. The van der Waals surface area contributed by atoms with Crippen LogP contribution in [-0.2, 0) is 0 Å². The molecule has 0 bridgehead atoms. The minimum Gasteiger partial charge on any atom is -0.496 e. The molecule has 4 rings (SSSR count). The fourth-order valence-electron chi connectivity index (χ4n) is 3.81. The zero-order chi connectivity index (χ0) is 17.2. The predicted molar refractivity (Wildman–Crippen MR) is 105 cm³/mol. The third kappa shape index (κ3) is 3.16. The van der Waals surface area contributed by atoms with Crippen molar-refractivity contribution in [2.45, 2.75) is 35.5 Å². The molecule has 2 N–H and O–H groups in total. The Morgan fingerprint density at radius 1 is 1.04 bits per heavy atom. The monoisotopic (exact) mass is 352 g/mol. The van der Waals surface area contributed by atoms with Gasteiger partial charge in [0, 0.05) is 32.5 Å². The molecule has 1 aromatic heterocycles. The Balaban J connectivity index is 1.72. The number of nitrogens with one attached hydrogen (secondary N) is 2. The molecule has 1 fully saturated rings. The molecule has 1 aliphatic heterocycles. The molecule has 0 saturated carbocycles. The number of hydrogen-bond acceptors (Lipinski definition) is 3. The molecule has 3 aromatic rings. The highest BCUT2D eigenvalue weighted by Gasteiger charge is 2.19. The van der Waals surface area contributed by atoms with E-state index >= 15 is 0 Å². The van der Waals surface area contributed by atoms with E-state index in [4.69, 9.17) is 4.74 Å². The zero-order valence-corrected chi connectivity index (χ0v) is 15.6. The number of fused-ring (bicyclic) bond motifs is 1. The molecule has 0 atom stereocenters. The molecular formula is C21H24N2OS. The molecule has 2 aromatic carbocycles. The molecule has 2 heterocycles. The van der Waals surface area contributed by atoms with Crippen molar-refractivity contribution in [1.82, 2.24) is 10.3 Å². The number of aromatic nitrogens is 1. The van der Waals surface area contributed by atoms with E-state index in [1.807, 2.05) is 17.8 Å². The second-order valence-electron chi connectivity index (χ2n) is 6.63. The van der Waals surface area contributed by atoms with Crippen LogP contribution in [0.2, 0.25) is 0 Å². The number of piperidine rings is 1. The van der Waals surface area contributed by atoms with E-state index in [0.717, 1.165) is 18.8 Å². The van der Waals surface area contributed by atoms with Crippen molar-refractivity contribution in [2.75, 3.05) is 20.2 Å². The molecule has 4 heteroatoms. The number of aryl methyl sites for hydroxylation is 1. The van der Waals surface area contributed by atoms with Crippen LogP contribution in [-0.4, -0.2) is 25.2 Å². The van der Waals surface area contributed by atoms with Gasteiger partial charge < -0.3 is 15.0 Å². The summed E-state index contributed by atoms with van der Waals surface area (Å²) in [6.07, 6.45) is 4.57. The van der Waals surface area contributed by atoms with Gasteiger partial charge in [-0.2, -0.15) is 0 Å². The number of aromatic amines is 1. The largest absolute Gasteiger partial charge is 0.496 e. The first-order chi connectivity index (χ1) is 12.3. The summed E-state index contributed by atoms with van der Waals surface area (Å²) in [5, 5.41) is 4.74. The standard InChI is InChI=1S/C21H24N2OS/c1-14-18(24-2)8-7-17-21(14)20(13-23-17)25-19-6-4-3-5-16(19)15-9-11-22-12-10-15/h3-8,13,15,22-23H,9-12H2,1-2H3. The van der Waals surface area contributed by atoms with Gasteiger partial charge in [-0.05, 0) is 62.5 Å². The maximum absolute atomic E-state index is 5.52. The quantitative estimate of drug-likeness (QED) is 0.686. The molecule has 0 radical (unpaired) electrons. The molecule has 25 heavy (non-hydrogen) atoms. The van der Waals surface area contributed by atoms with Crippen LogP contribution < -0.4 is 10.1 Å². The van der Waals surface area contributed by atoms with Crippen LogP contribution >= 0.6 is 11.8 Å². The van der Waals surface area contributed by atoms with E-state index in [-0.39, 0.29) is 0 Å². The second-order valence-corrected chi connectivity index (χ2v) is 7.72. The van der Waals surface area contributed by atoms with Crippen LogP contribution in [0.15, 0.2) is 52.4 Å². The van der Waals surface area contributed by atoms with Gasteiger partial charge in [-0.25, -0.2) is 0 Å². The lowest BCUT2D eigenvalue weighted by molar-refractivity contribution is 0.412. The van der Waals surface area contributed by atoms with Crippen LogP contribution in [0.5, 0.6) is 5.75 Å². The number of benzene rings is 2. The number of H-pyrrole nitrogens is 1. The third-order valence-electron chi connectivity index (χ3n) is 5.16. The topological polar surface area (TPSA) is 37.0 Å². The Morgan fingerprint density at radius 3 is 2.64 bits per heavy atom.